The largest absolute Gasteiger partial charge is 0.485 e. The van der Waals surface area contributed by atoms with Crippen LogP contribution in [0.25, 0.3) is 0 Å². The minimum atomic E-state index is -0.384. The van der Waals surface area contributed by atoms with Gasteiger partial charge < -0.3 is 15.0 Å². The third-order valence-corrected chi connectivity index (χ3v) is 4.72. The molecule has 0 radical (unpaired) electrons. The highest BCUT2D eigenvalue weighted by molar-refractivity contribution is 5.97. The highest BCUT2D eigenvalue weighted by atomic mass is 16.5. The minimum Gasteiger partial charge on any atom is -0.485 e. The van der Waals surface area contributed by atoms with E-state index in [0.717, 1.165) is 25.7 Å². The van der Waals surface area contributed by atoms with E-state index < -0.39 is 0 Å². The fourth-order valence-electron chi connectivity index (χ4n) is 3.38. The molecule has 1 N–H and O–H groups in total. The summed E-state index contributed by atoms with van der Waals surface area (Å²) in [5.41, 5.74) is 0.205. The lowest BCUT2D eigenvalue weighted by Gasteiger charge is -2.39. The number of nitrogens with one attached hydrogen (secondary N) is 1. The van der Waals surface area contributed by atoms with E-state index in [9.17, 15) is 9.59 Å². The first-order chi connectivity index (χ1) is 10.5. The molecule has 5 heteroatoms. The van der Waals surface area contributed by atoms with Crippen molar-refractivity contribution in [2.24, 2.45) is 5.92 Å². The van der Waals surface area contributed by atoms with E-state index >= 15 is 0 Å². The van der Waals surface area contributed by atoms with E-state index in [1.165, 1.54) is 0 Å². The lowest BCUT2D eigenvalue weighted by Crippen LogP contribution is -2.49. The molecule has 0 saturated heterocycles. The zero-order chi connectivity index (χ0) is 15.7. The molecule has 5 nitrogen and oxygen atoms in total. The number of benzene rings is 1. The Morgan fingerprint density at radius 1 is 1.27 bits per heavy atom. The molecule has 1 aromatic rings. The van der Waals surface area contributed by atoms with Crippen LogP contribution in [0.4, 0.5) is 0 Å². The Bertz CT molecular complexity index is 589. The van der Waals surface area contributed by atoms with Crippen molar-refractivity contribution in [2.75, 3.05) is 20.6 Å². The van der Waals surface area contributed by atoms with Gasteiger partial charge in [-0.15, -0.1) is 0 Å². The van der Waals surface area contributed by atoms with E-state index in [0.29, 0.717) is 17.9 Å². The number of rotatable bonds is 1. The second-order valence-electron chi connectivity index (χ2n) is 6.47. The van der Waals surface area contributed by atoms with Crippen molar-refractivity contribution in [1.82, 2.24) is 10.2 Å². The zero-order valence-electron chi connectivity index (χ0n) is 13.1. The molecule has 0 unspecified atom stereocenters. The molecular formula is C17H22N2O3. The van der Waals surface area contributed by atoms with Crippen molar-refractivity contribution < 1.29 is 14.3 Å². The predicted molar refractivity (Wildman–Crippen MR) is 82.8 cm³/mol. The Labute approximate surface area is 130 Å². The number of carbonyl (C=O) groups excluding carboxylic acids is 2. The molecule has 1 fully saturated rings. The number of para-hydroxylation sites is 1. The van der Waals surface area contributed by atoms with Crippen LogP contribution < -0.4 is 10.1 Å². The first-order valence-electron chi connectivity index (χ1n) is 7.78. The Morgan fingerprint density at radius 3 is 2.64 bits per heavy atom. The SMILES string of the molecule is CN(C)C(=O)C1CCC2(CC1)CNC(=O)c1ccccc1O2. The standard InChI is InChI=1S/C17H22N2O3/c1-19(2)16(21)12-7-9-17(10-8-12)11-18-15(20)13-5-3-4-6-14(13)22-17/h3-6,12H,7-11H2,1-2H3,(H,18,20). The molecule has 2 aliphatic rings. The third-order valence-electron chi connectivity index (χ3n) is 4.72. The fourth-order valence-corrected chi connectivity index (χ4v) is 3.38. The zero-order valence-corrected chi connectivity index (χ0v) is 13.1. The van der Waals surface area contributed by atoms with Gasteiger partial charge in [0.25, 0.3) is 5.91 Å². The number of fused-ring (bicyclic) bond motifs is 1. The van der Waals surface area contributed by atoms with Gasteiger partial charge >= 0.3 is 0 Å². The second kappa shape index (κ2) is 5.63. The van der Waals surface area contributed by atoms with Crippen molar-refractivity contribution in [3.63, 3.8) is 0 Å². The molecule has 3 rings (SSSR count). The topological polar surface area (TPSA) is 58.6 Å². The Kier molecular flexibility index (Phi) is 3.81. The van der Waals surface area contributed by atoms with Crippen LogP contribution in [-0.2, 0) is 4.79 Å². The third kappa shape index (κ3) is 2.67. The van der Waals surface area contributed by atoms with Crippen molar-refractivity contribution in [2.45, 2.75) is 31.3 Å². The summed E-state index contributed by atoms with van der Waals surface area (Å²) in [6.45, 7) is 0.503. The van der Waals surface area contributed by atoms with Crippen LogP contribution >= 0.6 is 0 Å². The molecule has 1 aliphatic heterocycles. The summed E-state index contributed by atoms with van der Waals surface area (Å²) in [7, 11) is 3.59. The summed E-state index contributed by atoms with van der Waals surface area (Å²) in [6.07, 6.45) is 3.17. The minimum absolute atomic E-state index is 0.0680. The molecule has 1 heterocycles. The summed E-state index contributed by atoms with van der Waals surface area (Å²) in [5.74, 6) is 0.820. The van der Waals surface area contributed by atoms with Crippen molar-refractivity contribution in [3.05, 3.63) is 29.8 Å². The van der Waals surface area contributed by atoms with Crippen molar-refractivity contribution in [3.8, 4) is 5.75 Å². The van der Waals surface area contributed by atoms with Crippen LogP contribution in [-0.4, -0.2) is 43.0 Å². The van der Waals surface area contributed by atoms with Crippen LogP contribution in [0.3, 0.4) is 0 Å². The van der Waals surface area contributed by atoms with Gasteiger partial charge in [0.1, 0.15) is 11.4 Å². The van der Waals surface area contributed by atoms with Gasteiger partial charge in [0.05, 0.1) is 12.1 Å². The molecule has 118 valence electrons. The quantitative estimate of drug-likeness (QED) is 0.861. The van der Waals surface area contributed by atoms with E-state index in [-0.39, 0.29) is 23.3 Å². The van der Waals surface area contributed by atoms with Gasteiger partial charge in [-0.1, -0.05) is 12.1 Å². The molecule has 0 atom stereocenters. The first kappa shape index (κ1) is 14.9. The fraction of sp³-hybridized carbons (Fsp3) is 0.529. The van der Waals surface area contributed by atoms with E-state index in [2.05, 4.69) is 5.32 Å². The number of hydrogen-bond acceptors (Lipinski definition) is 3. The second-order valence-corrected chi connectivity index (χ2v) is 6.47. The number of carbonyl (C=O) groups is 2. The Morgan fingerprint density at radius 2 is 1.95 bits per heavy atom. The lowest BCUT2D eigenvalue weighted by atomic mass is 9.78. The maximum atomic E-state index is 12.1. The summed E-state index contributed by atoms with van der Waals surface area (Å²) >= 11 is 0. The maximum Gasteiger partial charge on any atom is 0.255 e. The van der Waals surface area contributed by atoms with E-state index in [1.807, 2.05) is 18.2 Å². The Hall–Kier alpha value is -2.04. The molecule has 2 amide bonds. The van der Waals surface area contributed by atoms with E-state index in [4.69, 9.17) is 4.74 Å². The summed E-state index contributed by atoms with van der Waals surface area (Å²) < 4.78 is 6.24. The van der Waals surface area contributed by atoms with Gasteiger partial charge in [0.2, 0.25) is 5.91 Å². The average Bonchev–Trinajstić information content (AvgIpc) is 2.65. The molecule has 0 bridgehead atoms. The Balaban J connectivity index is 1.77. The number of nitrogens with zero attached hydrogens (tertiary/aromatic N) is 1. The van der Waals surface area contributed by atoms with Gasteiger partial charge in [-0.25, -0.2) is 0 Å². The van der Waals surface area contributed by atoms with Gasteiger partial charge in [-0.3, -0.25) is 9.59 Å². The molecule has 22 heavy (non-hydrogen) atoms. The van der Waals surface area contributed by atoms with Crippen molar-refractivity contribution >= 4 is 11.8 Å². The van der Waals surface area contributed by atoms with Gasteiger partial charge in [-0.05, 0) is 37.8 Å². The van der Waals surface area contributed by atoms with Gasteiger partial charge in [-0.2, -0.15) is 0 Å². The smallest absolute Gasteiger partial charge is 0.255 e. The highest BCUT2D eigenvalue weighted by Crippen LogP contribution is 2.38. The van der Waals surface area contributed by atoms with Crippen LogP contribution in [0.15, 0.2) is 24.3 Å². The normalized spacial score (nSPS) is 27.4. The molecule has 0 aromatic heterocycles. The predicted octanol–water partition coefficient (Wildman–Crippen LogP) is 1.83. The highest BCUT2D eigenvalue weighted by Gasteiger charge is 2.42. The van der Waals surface area contributed by atoms with Gasteiger partial charge in [0.15, 0.2) is 0 Å². The monoisotopic (exact) mass is 302 g/mol. The number of amides is 2. The summed E-state index contributed by atoms with van der Waals surface area (Å²) in [5, 5.41) is 2.97. The van der Waals surface area contributed by atoms with Crippen LogP contribution in [0.2, 0.25) is 0 Å². The average molecular weight is 302 g/mol. The first-order valence-corrected chi connectivity index (χ1v) is 7.78. The maximum absolute atomic E-state index is 12.1. The van der Waals surface area contributed by atoms with Crippen molar-refractivity contribution in [1.29, 1.82) is 0 Å². The number of hydrogen-bond donors (Lipinski definition) is 1. The lowest BCUT2D eigenvalue weighted by molar-refractivity contribution is -0.135. The molecule has 1 saturated carbocycles. The molecule has 1 aromatic carbocycles. The summed E-state index contributed by atoms with van der Waals surface area (Å²) in [6, 6.07) is 7.35. The van der Waals surface area contributed by atoms with Crippen LogP contribution in [0.1, 0.15) is 36.0 Å². The summed E-state index contributed by atoms with van der Waals surface area (Å²) in [4.78, 5) is 25.9. The van der Waals surface area contributed by atoms with Crippen LogP contribution in [0.5, 0.6) is 5.75 Å². The number of ether oxygens (including phenoxy) is 1. The molecule has 1 spiro atoms. The van der Waals surface area contributed by atoms with Crippen LogP contribution in [0, 0.1) is 5.92 Å². The van der Waals surface area contributed by atoms with E-state index in [1.54, 1.807) is 25.1 Å². The van der Waals surface area contributed by atoms with Gasteiger partial charge in [0, 0.05) is 20.0 Å². The molecule has 1 aliphatic carbocycles. The molecular weight excluding hydrogens is 280 g/mol.